The van der Waals surface area contributed by atoms with Crippen molar-refractivity contribution >= 4 is 45.6 Å². The number of fused-ring (bicyclic) bond motifs is 1. The van der Waals surface area contributed by atoms with Gasteiger partial charge in [-0.1, -0.05) is 41.3 Å². The molecule has 0 fully saturated rings. The van der Waals surface area contributed by atoms with Crippen molar-refractivity contribution in [2.45, 2.75) is 42.4 Å². The second kappa shape index (κ2) is 10.1. The molecule has 1 atom stereocenters. The third kappa shape index (κ3) is 4.19. The fourth-order valence-corrected chi connectivity index (χ4v) is 7.15. The van der Waals surface area contributed by atoms with E-state index in [4.69, 9.17) is 10.2 Å². The maximum Gasteiger partial charge on any atom is 0.237 e. The van der Waals surface area contributed by atoms with E-state index in [1.807, 2.05) is 23.1 Å². The molecule has 0 bridgehead atoms. The second-order valence-electron chi connectivity index (χ2n) is 9.25. The Morgan fingerprint density at radius 1 is 1.18 bits per heavy atom. The predicted molar refractivity (Wildman–Crippen MR) is 144 cm³/mol. The number of thioether (sulfide) groups is 1. The molecule has 0 saturated carbocycles. The first-order valence-corrected chi connectivity index (χ1v) is 14.2. The molecule has 2 N–H and O–H groups in total. The molecule has 2 aliphatic heterocycles. The molecular formula is C27H24N6O3S2. The summed E-state index contributed by atoms with van der Waals surface area (Å²) in [5.41, 5.74) is 10.2. The number of carbonyl (C=O) groups is 2. The largest absolute Gasteiger partial charge is 0.468 e. The zero-order valence-electron chi connectivity index (χ0n) is 20.4. The number of hydrogen-bond acceptors (Lipinski definition) is 10. The first kappa shape index (κ1) is 24.5. The molecule has 2 aromatic heterocycles. The van der Waals surface area contributed by atoms with Crippen LogP contribution >= 0.6 is 23.1 Å². The lowest BCUT2D eigenvalue weighted by atomic mass is 9.78. The summed E-state index contributed by atoms with van der Waals surface area (Å²) < 4.78 is 6.23. The molecule has 192 valence electrons. The highest BCUT2D eigenvalue weighted by molar-refractivity contribution is 8.01. The highest BCUT2D eigenvalue weighted by Gasteiger charge is 2.42. The number of benzene rings is 1. The van der Waals surface area contributed by atoms with E-state index in [9.17, 15) is 14.9 Å². The molecule has 1 aliphatic carbocycles. The predicted octanol–water partition coefficient (Wildman–Crippen LogP) is 4.51. The number of aryl methyl sites for hydroxylation is 1. The number of aromatic nitrogens is 2. The molecule has 4 heterocycles. The Labute approximate surface area is 227 Å². The molecule has 6 rings (SSSR count). The van der Waals surface area contributed by atoms with E-state index in [2.05, 4.69) is 22.3 Å². The number of carbonyl (C=O) groups excluding carboxylic acids is 2. The summed E-state index contributed by atoms with van der Waals surface area (Å²) in [6.45, 7) is 0.700. The van der Waals surface area contributed by atoms with Crippen LogP contribution in [-0.2, 0) is 16.0 Å². The third-order valence-corrected chi connectivity index (χ3v) is 9.09. The fraction of sp³-hybridized carbons (Fsp3) is 0.296. The van der Waals surface area contributed by atoms with Crippen molar-refractivity contribution in [3.63, 3.8) is 0 Å². The Balaban J connectivity index is 1.27. The molecule has 3 aliphatic rings. The van der Waals surface area contributed by atoms with Gasteiger partial charge in [0, 0.05) is 29.9 Å². The van der Waals surface area contributed by atoms with E-state index in [-0.39, 0.29) is 28.8 Å². The topological polar surface area (TPSA) is 129 Å². The van der Waals surface area contributed by atoms with Crippen molar-refractivity contribution in [1.82, 2.24) is 10.2 Å². The normalized spacial score (nSPS) is 19.3. The molecule has 0 radical (unpaired) electrons. The van der Waals surface area contributed by atoms with Crippen molar-refractivity contribution in [1.29, 1.82) is 5.26 Å². The highest BCUT2D eigenvalue weighted by atomic mass is 32.2. The van der Waals surface area contributed by atoms with Crippen LogP contribution in [0, 0.1) is 11.3 Å². The van der Waals surface area contributed by atoms with Crippen LogP contribution in [0.5, 0.6) is 0 Å². The number of ketones is 1. The van der Waals surface area contributed by atoms with Crippen LogP contribution in [0.15, 0.2) is 74.1 Å². The summed E-state index contributed by atoms with van der Waals surface area (Å²) in [5.74, 6) is 0.317. The van der Waals surface area contributed by atoms with Crippen LogP contribution in [0.3, 0.4) is 0 Å². The van der Waals surface area contributed by atoms with Gasteiger partial charge in [0.1, 0.15) is 11.6 Å². The Morgan fingerprint density at radius 3 is 2.87 bits per heavy atom. The first-order chi connectivity index (χ1) is 18.6. The monoisotopic (exact) mass is 544 g/mol. The number of nitriles is 1. The molecule has 3 aromatic rings. The Hall–Kier alpha value is -3.88. The van der Waals surface area contributed by atoms with Gasteiger partial charge < -0.3 is 15.1 Å². The molecular weight excluding hydrogens is 520 g/mol. The zero-order chi connectivity index (χ0) is 26.2. The van der Waals surface area contributed by atoms with Gasteiger partial charge >= 0.3 is 0 Å². The summed E-state index contributed by atoms with van der Waals surface area (Å²) in [7, 11) is 0. The lowest BCUT2D eigenvalue weighted by molar-refractivity contribution is -0.117. The summed E-state index contributed by atoms with van der Waals surface area (Å²) in [4.78, 5) is 29.7. The van der Waals surface area contributed by atoms with Gasteiger partial charge in [-0.3, -0.25) is 14.5 Å². The van der Waals surface area contributed by atoms with E-state index in [0.29, 0.717) is 46.6 Å². The van der Waals surface area contributed by atoms with Crippen molar-refractivity contribution in [2.75, 3.05) is 22.1 Å². The molecule has 0 spiro atoms. The highest BCUT2D eigenvalue weighted by Crippen LogP contribution is 2.47. The quantitative estimate of drug-likeness (QED) is 0.461. The molecule has 11 heteroatoms. The molecule has 1 aromatic carbocycles. The average molecular weight is 545 g/mol. The number of nitrogens with two attached hydrogens (primary N) is 1. The van der Waals surface area contributed by atoms with Gasteiger partial charge in [0.15, 0.2) is 10.1 Å². The zero-order valence-corrected chi connectivity index (χ0v) is 22.1. The van der Waals surface area contributed by atoms with Gasteiger partial charge in [-0.15, -0.1) is 10.2 Å². The summed E-state index contributed by atoms with van der Waals surface area (Å²) in [6, 6.07) is 13.7. The van der Waals surface area contributed by atoms with Crippen LogP contribution in [0.25, 0.3) is 0 Å². The minimum Gasteiger partial charge on any atom is -0.468 e. The van der Waals surface area contributed by atoms with E-state index in [1.54, 1.807) is 17.0 Å². The van der Waals surface area contributed by atoms with E-state index < -0.39 is 5.92 Å². The molecule has 38 heavy (non-hydrogen) atoms. The lowest BCUT2D eigenvalue weighted by Crippen LogP contribution is -2.38. The van der Waals surface area contributed by atoms with Crippen molar-refractivity contribution in [2.24, 2.45) is 5.73 Å². The minimum absolute atomic E-state index is 0.0206. The number of para-hydroxylation sites is 1. The SMILES string of the molecule is N#CC1=C(N)N(c2nnc(SCC(=O)N3CCCc4ccccc43)s2)C2=C(C(=O)CCC2)C1c1ccco1. The molecule has 9 nitrogen and oxygen atoms in total. The van der Waals surface area contributed by atoms with Gasteiger partial charge in [-0.05, 0) is 49.4 Å². The average Bonchev–Trinajstić information content (AvgIpc) is 3.64. The summed E-state index contributed by atoms with van der Waals surface area (Å²) >= 11 is 2.61. The van der Waals surface area contributed by atoms with E-state index in [0.717, 1.165) is 24.2 Å². The number of Topliss-reactive ketones (excluding diaryl/α,β-unsaturated/α-hetero) is 1. The second-order valence-corrected chi connectivity index (χ2v) is 11.4. The van der Waals surface area contributed by atoms with Crippen LogP contribution < -0.4 is 15.5 Å². The molecule has 1 unspecified atom stereocenters. The molecule has 1 amide bonds. The van der Waals surface area contributed by atoms with E-state index >= 15 is 0 Å². The van der Waals surface area contributed by atoms with Crippen molar-refractivity contribution in [3.8, 4) is 6.07 Å². The number of anilines is 2. The Morgan fingerprint density at radius 2 is 2.05 bits per heavy atom. The maximum absolute atomic E-state index is 13.1. The third-order valence-electron chi connectivity index (χ3n) is 7.06. The number of allylic oxidation sites excluding steroid dienone is 3. The van der Waals surface area contributed by atoms with E-state index in [1.165, 1.54) is 34.9 Å². The number of hydrogen-bond donors (Lipinski definition) is 1. The number of amides is 1. The lowest BCUT2D eigenvalue weighted by Gasteiger charge is -2.37. The van der Waals surface area contributed by atoms with Crippen LogP contribution in [0.2, 0.25) is 0 Å². The van der Waals surface area contributed by atoms with Crippen LogP contribution in [0.1, 0.15) is 42.9 Å². The van der Waals surface area contributed by atoms with Crippen LogP contribution in [-0.4, -0.2) is 34.2 Å². The Kier molecular flexibility index (Phi) is 6.51. The Bertz CT molecular complexity index is 1520. The van der Waals surface area contributed by atoms with Gasteiger partial charge in [0.25, 0.3) is 0 Å². The summed E-state index contributed by atoms with van der Waals surface area (Å²) in [5, 5.41) is 19.2. The summed E-state index contributed by atoms with van der Waals surface area (Å²) in [6.07, 6.45) is 5.14. The number of rotatable bonds is 5. The van der Waals surface area contributed by atoms with Gasteiger partial charge in [-0.25, -0.2) is 0 Å². The van der Waals surface area contributed by atoms with Gasteiger partial charge in [0.2, 0.25) is 11.0 Å². The molecule has 0 saturated heterocycles. The maximum atomic E-state index is 13.1. The van der Waals surface area contributed by atoms with Crippen molar-refractivity contribution in [3.05, 3.63) is 76.6 Å². The smallest absolute Gasteiger partial charge is 0.237 e. The van der Waals surface area contributed by atoms with Gasteiger partial charge in [0.05, 0.1) is 29.6 Å². The number of furan rings is 1. The standard InChI is InChI=1S/C27H24N6O3S2/c28-14-17-23(21-11-5-13-36-21)24-19(9-3-10-20(24)34)33(25(17)29)26-30-31-27(38-26)37-15-22(35)32-12-4-7-16-6-1-2-8-18(16)32/h1-2,5-6,8,11,13,23H,3-4,7,9-10,12,15,29H2. The van der Waals surface area contributed by atoms with Crippen LogP contribution in [0.4, 0.5) is 10.8 Å². The number of nitrogens with zero attached hydrogens (tertiary/aromatic N) is 5. The van der Waals surface area contributed by atoms with Gasteiger partial charge in [-0.2, -0.15) is 5.26 Å². The first-order valence-electron chi connectivity index (χ1n) is 12.4. The van der Waals surface area contributed by atoms with Crippen molar-refractivity contribution < 1.29 is 14.0 Å². The minimum atomic E-state index is -0.638. The fourth-order valence-electron chi connectivity index (χ4n) is 5.39.